The molecule has 168 valence electrons. The van der Waals surface area contributed by atoms with E-state index in [1.165, 1.54) is 15.3 Å². The van der Waals surface area contributed by atoms with Gasteiger partial charge in [0.15, 0.2) is 0 Å². The van der Waals surface area contributed by atoms with Crippen LogP contribution < -0.4 is 0 Å². The molecule has 0 spiro atoms. The van der Waals surface area contributed by atoms with Crippen LogP contribution in [-0.2, 0) is 11.2 Å². The largest absolute Gasteiger partial charge is 0.481 e. The van der Waals surface area contributed by atoms with Gasteiger partial charge in [-0.1, -0.05) is 24.3 Å². The van der Waals surface area contributed by atoms with Crippen molar-refractivity contribution in [2.45, 2.75) is 77.1 Å². The molecule has 1 heterocycles. The van der Waals surface area contributed by atoms with Crippen LogP contribution in [0.3, 0.4) is 0 Å². The number of hydrogen-bond acceptors (Lipinski definition) is 5. The van der Waals surface area contributed by atoms with Crippen molar-refractivity contribution in [1.29, 1.82) is 0 Å². The maximum atomic E-state index is 10.5. The zero-order chi connectivity index (χ0) is 22.3. The molecule has 0 radical (unpaired) electrons. The maximum absolute atomic E-state index is 10.5. The summed E-state index contributed by atoms with van der Waals surface area (Å²) < 4.78 is 1.13. The normalized spacial score (nSPS) is 25.5. The SMILES string of the molecule is Cc1sc(C)c(CC[C@H](O)/C=C/[C@@H]2[C@@H](C/C=C\CCCC(=O)O)[C@@H](O)C[C@H]2O)c1Br. The molecule has 1 aliphatic carbocycles. The predicted octanol–water partition coefficient (Wildman–Crippen LogP) is 4.54. The molecule has 1 fully saturated rings. The minimum Gasteiger partial charge on any atom is -0.481 e. The molecule has 30 heavy (non-hydrogen) atoms. The van der Waals surface area contributed by atoms with Gasteiger partial charge in [0.1, 0.15) is 0 Å². The van der Waals surface area contributed by atoms with E-state index in [4.69, 9.17) is 5.11 Å². The number of hydrogen-bond donors (Lipinski definition) is 4. The molecule has 0 aromatic carbocycles. The third kappa shape index (κ3) is 7.31. The highest BCUT2D eigenvalue weighted by molar-refractivity contribution is 9.10. The average Bonchev–Trinajstić information content (AvgIpc) is 3.08. The molecule has 0 amide bonds. The third-order valence-electron chi connectivity index (χ3n) is 5.80. The second-order valence-electron chi connectivity index (χ2n) is 8.10. The fourth-order valence-corrected chi connectivity index (χ4v) is 5.95. The lowest BCUT2D eigenvalue weighted by atomic mass is 9.89. The van der Waals surface area contributed by atoms with Crippen molar-refractivity contribution in [3.63, 3.8) is 0 Å². The second-order valence-corrected chi connectivity index (χ2v) is 10.3. The van der Waals surface area contributed by atoms with Gasteiger partial charge in [-0.25, -0.2) is 0 Å². The van der Waals surface area contributed by atoms with Crippen LogP contribution in [0.5, 0.6) is 0 Å². The molecule has 0 unspecified atom stereocenters. The standard InChI is InChI=1S/C23H33BrO5S/c1-14-17(23(24)15(2)30-14)11-9-16(25)10-12-19-18(20(26)13-21(19)27)7-5-3-4-6-8-22(28)29/h3,5,10,12,16,18-21,25-27H,4,6-9,11,13H2,1-2H3,(H,28,29)/b5-3-,12-10+/t16-,18+,19+,20-,21+/m0/s1. The Morgan fingerprint density at radius 2 is 1.97 bits per heavy atom. The summed E-state index contributed by atoms with van der Waals surface area (Å²) in [6, 6.07) is 0. The monoisotopic (exact) mass is 500 g/mol. The molecule has 1 aromatic rings. The molecule has 4 N–H and O–H groups in total. The molecular weight excluding hydrogens is 468 g/mol. The predicted molar refractivity (Wildman–Crippen MR) is 124 cm³/mol. The van der Waals surface area contributed by atoms with Crippen molar-refractivity contribution >= 4 is 33.2 Å². The maximum Gasteiger partial charge on any atom is 0.303 e. The first kappa shape index (κ1) is 25.3. The second kappa shape index (κ2) is 12.2. The Labute approximate surface area is 191 Å². The average molecular weight is 501 g/mol. The lowest BCUT2D eigenvalue weighted by Crippen LogP contribution is -2.20. The van der Waals surface area contributed by atoms with Crippen molar-refractivity contribution in [2.24, 2.45) is 11.8 Å². The minimum atomic E-state index is -0.793. The summed E-state index contributed by atoms with van der Waals surface area (Å²) in [5.74, 6) is -1.09. The van der Waals surface area contributed by atoms with Crippen LogP contribution in [0.25, 0.3) is 0 Å². The fourth-order valence-electron chi connectivity index (χ4n) is 4.08. The van der Waals surface area contributed by atoms with Crippen molar-refractivity contribution in [1.82, 2.24) is 0 Å². The number of halogens is 1. The van der Waals surface area contributed by atoms with Gasteiger partial charge in [-0.2, -0.15) is 0 Å². The Morgan fingerprint density at radius 3 is 2.60 bits per heavy atom. The number of carbonyl (C=O) groups is 1. The first-order chi connectivity index (χ1) is 14.2. The molecular formula is C23H33BrO5S. The van der Waals surface area contributed by atoms with Crippen LogP contribution in [0.1, 0.15) is 53.8 Å². The Hall–Kier alpha value is -0.990. The van der Waals surface area contributed by atoms with Gasteiger partial charge in [-0.05, 0) is 73.4 Å². The van der Waals surface area contributed by atoms with E-state index in [-0.39, 0.29) is 18.3 Å². The first-order valence-electron chi connectivity index (χ1n) is 10.5. The van der Waals surface area contributed by atoms with E-state index in [0.29, 0.717) is 32.1 Å². The van der Waals surface area contributed by atoms with E-state index in [2.05, 4.69) is 29.8 Å². The Balaban J connectivity index is 1.87. The number of aliphatic hydroxyl groups is 3. The quantitative estimate of drug-likeness (QED) is 0.264. The molecule has 7 heteroatoms. The lowest BCUT2D eigenvalue weighted by Gasteiger charge is -2.19. The summed E-state index contributed by atoms with van der Waals surface area (Å²) in [6.07, 6.45) is 9.48. The lowest BCUT2D eigenvalue weighted by molar-refractivity contribution is -0.137. The number of unbranched alkanes of at least 4 members (excludes halogenated alkanes) is 1. The number of rotatable bonds is 11. The minimum absolute atomic E-state index is 0.102. The highest BCUT2D eigenvalue weighted by Crippen LogP contribution is 2.37. The highest BCUT2D eigenvalue weighted by atomic mass is 79.9. The Kier molecular flexibility index (Phi) is 10.2. The molecule has 1 saturated carbocycles. The van der Waals surface area contributed by atoms with Gasteiger partial charge < -0.3 is 20.4 Å². The van der Waals surface area contributed by atoms with Crippen LogP contribution >= 0.6 is 27.3 Å². The zero-order valence-corrected chi connectivity index (χ0v) is 20.0. The van der Waals surface area contributed by atoms with Gasteiger partial charge in [0.05, 0.1) is 18.3 Å². The molecule has 0 aliphatic heterocycles. The molecule has 0 bridgehead atoms. The summed E-state index contributed by atoms with van der Waals surface area (Å²) in [6.45, 7) is 4.17. The summed E-state index contributed by atoms with van der Waals surface area (Å²) >= 11 is 5.38. The van der Waals surface area contributed by atoms with E-state index in [1.807, 2.05) is 18.2 Å². The number of carboxylic acid groups (broad SMARTS) is 1. The number of aryl methyl sites for hydroxylation is 2. The van der Waals surface area contributed by atoms with E-state index in [1.54, 1.807) is 17.4 Å². The molecule has 5 atom stereocenters. The van der Waals surface area contributed by atoms with Gasteiger partial charge >= 0.3 is 5.97 Å². The van der Waals surface area contributed by atoms with E-state index in [9.17, 15) is 20.1 Å². The Bertz CT molecular complexity index is 757. The molecule has 2 rings (SSSR count). The van der Waals surface area contributed by atoms with Gasteiger partial charge in [-0.15, -0.1) is 11.3 Å². The van der Waals surface area contributed by atoms with E-state index in [0.717, 1.165) is 10.9 Å². The van der Waals surface area contributed by atoms with Gasteiger partial charge in [-0.3, -0.25) is 4.79 Å². The van der Waals surface area contributed by atoms with Crippen molar-refractivity contribution < 1.29 is 25.2 Å². The summed E-state index contributed by atoms with van der Waals surface area (Å²) in [5.41, 5.74) is 1.24. The topological polar surface area (TPSA) is 98.0 Å². The van der Waals surface area contributed by atoms with E-state index < -0.39 is 24.3 Å². The molecule has 0 saturated heterocycles. The summed E-state index contributed by atoms with van der Waals surface area (Å²) in [5, 5.41) is 39.7. The van der Waals surface area contributed by atoms with Crippen molar-refractivity contribution in [3.05, 3.63) is 44.1 Å². The van der Waals surface area contributed by atoms with Gasteiger partial charge in [0.25, 0.3) is 0 Å². The number of aliphatic carboxylic acids is 1. The smallest absolute Gasteiger partial charge is 0.303 e. The van der Waals surface area contributed by atoms with Crippen LogP contribution in [0.15, 0.2) is 28.8 Å². The Morgan fingerprint density at radius 1 is 1.23 bits per heavy atom. The van der Waals surface area contributed by atoms with Crippen LogP contribution in [0.2, 0.25) is 0 Å². The molecule has 5 nitrogen and oxygen atoms in total. The van der Waals surface area contributed by atoms with Crippen molar-refractivity contribution in [3.8, 4) is 0 Å². The third-order valence-corrected chi connectivity index (χ3v) is 8.20. The van der Waals surface area contributed by atoms with Crippen LogP contribution in [0.4, 0.5) is 0 Å². The van der Waals surface area contributed by atoms with Gasteiger partial charge in [0.2, 0.25) is 0 Å². The van der Waals surface area contributed by atoms with E-state index >= 15 is 0 Å². The number of allylic oxidation sites excluding steroid dienone is 2. The van der Waals surface area contributed by atoms with Gasteiger partial charge in [0, 0.05) is 33.0 Å². The highest BCUT2D eigenvalue weighted by Gasteiger charge is 2.39. The number of aliphatic hydroxyl groups excluding tert-OH is 3. The van der Waals surface area contributed by atoms with Crippen LogP contribution in [-0.4, -0.2) is 44.7 Å². The number of carboxylic acids is 1. The first-order valence-corrected chi connectivity index (χ1v) is 12.1. The van der Waals surface area contributed by atoms with Crippen LogP contribution in [0, 0.1) is 25.7 Å². The number of thiophene rings is 1. The summed E-state index contributed by atoms with van der Waals surface area (Å²) in [4.78, 5) is 13.0. The zero-order valence-electron chi connectivity index (χ0n) is 17.6. The van der Waals surface area contributed by atoms with Crippen molar-refractivity contribution in [2.75, 3.05) is 0 Å². The summed E-state index contributed by atoms with van der Waals surface area (Å²) in [7, 11) is 0. The molecule has 1 aliphatic rings. The molecule has 1 aromatic heterocycles. The fraction of sp³-hybridized carbons (Fsp3) is 0.609.